The summed E-state index contributed by atoms with van der Waals surface area (Å²) < 4.78 is 0. The average molecular weight is 366 g/mol. The van der Waals surface area contributed by atoms with E-state index in [0.717, 1.165) is 57.1 Å². The Hall–Kier alpha value is -1.30. The Bertz CT molecular complexity index is 471. The van der Waals surface area contributed by atoms with Gasteiger partial charge in [0.25, 0.3) is 0 Å². The van der Waals surface area contributed by atoms with Gasteiger partial charge in [0.2, 0.25) is 5.91 Å². The van der Waals surface area contributed by atoms with Gasteiger partial charge in [-0.3, -0.25) is 9.79 Å². The number of hydrogen-bond acceptors (Lipinski definition) is 3. The smallest absolute Gasteiger partial charge is 0.230 e. The Kier molecular flexibility index (Phi) is 8.19. The Morgan fingerprint density at radius 3 is 2.58 bits per heavy atom. The van der Waals surface area contributed by atoms with Crippen LogP contribution in [0.4, 0.5) is 0 Å². The van der Waals surface area contributed by atoms with E-state index in [2.05, 4.69) is 27.4 Å². The monoisotopic (exact) mass is 365 g/mol. The molecule has 0 aromatic heterocycles. The predicted molar refractivity (Wildman–Crippen MR) is 108 cm³/mol. The van der Waals surface area contributed by atoms with Crippen LogP contribution < -0.4 is 10.6 Å². The number of nitrogens with zero attached hydrogens (tertiary/aromatic N) is 3. The van der Waals surface area contributed by atoms with Crippen LogP contribution in [0.3, 0.4) is 0 Å². The van der Waals surface area contributed by atoms with E-state index in [-0.39, 0.29) is 11.3 Å². The van der Waals surface area contributed by atoms with Gasteiger partial charge in [-0.2, -0.15) is 0 Å². The summed E-state index contributed by atoms with van der Waals surface area (Å²) in [5, 5.41) is 6.83. The molecule has 1 atom stereocenters. The molecule has 1 saturated heterocycles. The minimum absolute atomic E-state index is 0.247. The third kappa shape index (κ3) is 5.86. The summed E-state index contributed by atoms with van der Waals surface area (Å²) in [6.07, 6.45) is 8.05. The van der Waals surface area contributed by atoms with Gasteiger partial charge in [-0.05, 0) is 51.1 Å². The van der Waals surface area contributed by atoms with Crippen LogP contribution in [-0.2, 0) is 4.79 Å². The third-order valence-corrected chi connectivity index (χ3v) is 5.92. The average Bonchev–Trinajstić information content (AvgIpc) is 3.10. The lowest BCUT2D eigenvalue weighted by Crippen LogP contribution is -2.49. The summed E-state index contributed by atoms with van der Waals surface area (Å²) in [4.78, 5) is 21.3. The molecule has 0 bridgehead atoms. The van der Waals surface area contributed by atoms with E-state index < -0.39 is 0 Å². The van der Waals surface area contributed by atoms with Crippen molar-refractivity contribution in [3.8, 4) is 0 Å². The highest BCUT2D eigenvalue weighted by Gasteiger charge is 2.42. The van der Waals surface area contributed by atoms with Gasteiger partial charge in [-0.1, -0.05) is 19.8 Å². The van der Waals surface area contributed by atoms with E-state index in [9.17, 15) is 4.79 Å². The molecule has 1 amide bonds. The van der Waals surface area contributed by atoms with Gasteiger partial charge in [0.1, 0.15) is 0 Å². The van der Waals surface area contributed by atoms with Gasteiger partial charge in [0, 0.05) is 40.8 Å². The van der Waals surface area contributed by atoms with Gasteiger partial charge in [0.05, 0.1) is 5.41 Å². The molecular weight excluding hydrogens is 326 g/mol. The molecule has 1 saturated carbocycles. The fraction of sp³-hybridized carbons (Fsp3) is 0.900. The zero-order valence-electron chi connectivity index (χ0n) is 17.3. The van der Waals surface area contributed by atoms with Crippen LogP contribution in [0.25, 0.3) is 0 Å². The molecule has 2 rings (SSSR count). The number of likely N-dealkylation sites (tertiary alicyclic amines) is 1. The molecule has 1 unspecified atom stereocenters. The molecule has 1 aliphatic carbocycles. The number of rotatable bonds is 7. The van der Waals surface area contributed by atoms with Crippen LogP contribution in [0.5, 0.6) is 0 Å². The zero-order valence-corrected chi connectivity index (χ0v) is 17.3. The maximum absolute atomic E-state index is 12.6. The maximum Gasteiger partial charge on any atom is 0.230 e. The molecule has 0 spiro atoms. The van der Waals surface area contributed by atoms with E-state index in [4.69, 9.17) is 0 Å². The van der Waals surface area contributed by atoms with E-state index in [1.165, 1.54) is 25.9 Å². The molecule has 1 aliphatic heterocycles. The summed E-state index contributed by atoms with van der Waals surface area (Å²) in [5.74, 6) is 1.90. The Morgan fingerprint density at radius 1 is 1.23 bits per heavy atom. The highest BCUT2D eigenvalue weighted by molar-refractivity contribution is 5.85. The van der Waals surface area contributed by atoms with Crippen molar-refractivity contribution in [1.82, 2.24) is 20.4 Å². The van der Waals surface area contributed by atoms with E-state index >= 15 is 0 Å². The zero-order chi connectivity index (χ0) is 19.0. The van der Waals surface area contributed by atoms with Gasteiger partial charge >= 0.3 is 0 Å². The number of carbonyl (C=O) groups excluding carboxylic acids is 1. The minimum atomic E-state index is -0.259. The molecule has 1 heterocycles. The van der Waals surface area contributed by atoms with Gasteiger partial charge in [-0.25, -0.2) is 0 Å². The van der Waals surface area contributed by atoms with Crippen molar-refractivity contribution in [2.45, 2.75) is 51.9 Å². The molecule has 6 nitrogen and oxygen atoms in total. The molecule has 26 heavy (non-hydrogen) atoms. The van der Waals surface area contributed by atoms with Crippen molar-refractivity contribution in [1.29, 1.82) is 0 Å². The first kappa shape index (κ1) is 21.0. The fourth-order valence-electron chi connectivity index (χ4n) is 4.47. The van der Waals surface area contributed by atoms with E-state index in [1.54, 1.807) is 11.9 Å². The van der Waals surface area contributed by atoms with Crippen LogP contribution in [0.15, 0.2) is 4.99 Å². The quantitative estimate of drug-likeness (QED) is 0.411. The Morgan fingerprint density at radius 2 is 1.96 bits per heavy atom. The molecule has 0 aromatic carbocycles. The second-order valence-electron chi connectivity index (χ2n) is 8.44. The third-order valence-electron chi connectivity index (χ3n) is 5.92. The number of aliphatic imine (C=N–C) groups is 1. The number of carbonyl (C=O) groups is 1. The second-order valence-corrected chi connectivity index (χ2v) is 8.44. The second kappa shape index (κ2) is 10.1. The van der Waals surface area contributed by atoms with Crippen molar-refractivity contribution in [3.63, 3.8) is 0 Å². The largest absolute Gasteiger partial charge is 0.356 e. The van der Waals surface area contributed by atoms with E-state index in [0.29, 0.717) is 6.54 Å². The normalized spacial score (nSPS) is 23.7. The molecule has 2 aliphatic rings. The number of guanidine groups is 1. The molecule has 0 radical (unpaired) electrons. The standard InChI is InChI=1S/C20H39N5O/c1-17-9-7-13-25(15-17)14-8-12-22-19(21-2)23-16-20(10-5-6-11-20)18(26)24(3)4/h17H,5-16H2,1-4H3,(H2,21,22,23). The summed E-state index contributed by atoms with van der Waals surface area (Å²) >= 11 is 0. The number of amides is 1. The van der Waals surface area contributed by atoms with Crippen LogP contribution in [0.2, 0.25) is 0 Å². The van der Waals surface area contributed by atoms with E-state index in [1.807, 2.05) is 14.1 Å². The lowest BCUT2D eigenvalue weighted by molar-refractivity contribution is -0.138. The Labute approximate surface area is 159 Å². The molecule has 150 valence electrons. The first-order chi connectivity index (χ1) is 12.5. The topological polar surface area (TPSA) is 60.0 Å². The summed E-state index contributed by atoms with van der Waals surface area (Å²) in [7, 11) is 5.52. The number of hydrogen-bond donors (Lipinski definition) is 2. The van der Waals surface area contributed by atoms with Gasteiger partial charge in [-0.15, -0.1) is 0 Å². The van der Waals surface area contributed by atoms with Crippen molar-refractivity contribution >= 4 is 11.9 Å². The summed E-state index contributed by atoms with van der Waals surface area (Å²) in [6, 6.07) is 0. The SMILES string of the molecule is CN=C(NCCCN1CCCC(C)C1)NCC1(C(=O)N(C)C)CCCC1. The minimum Gasteiger partial charge on any atom is -0.356 e. The lowest BCUT2D eigenvalue weighted by atomic mass is 9.84. The number of piperidine rings is 1. The van der Waals surface area contributed by atoms with Crippen molar-refractivity contribution < 1.29 is 4.79 Å². The van der Waals surface area contributed by atoms with Crippen molar-refractivity contribution in [2.75, 3.05) is 53.9 Å². The van der Waals surface area contributed by atoms with Gasteiger partial charge < -0.3 is 20.4 Å². The van der Waals surface area contributed by atoms with Crippen molar-refractivity contribution in [2.24, 2.45) is 16.3 Å². The van der Waals surface area contributed by atoms with Crippen LogP contribution in [-0.4, -0.2) is 75.5 Å². The summed E-state index contributed by atoms with van der Waals surface area (Å²) in [6.45, 7) is 7.57. The lowest BCUT2D eigenvalue weighted by Gasteiger charge is -2.32. The van der Waals surface area contributed by atoms with Gasteiger partial charge in [0.15, 0.2) is 5.96 Å². The first-order valence-corrected chi connectivity index (χ1v) is 10.4. The molecule has 2 fully saturated rings. The summed E-state index contributed by atoms with van der Waals surface area (Å²) in [5.41, 5.74) is -0.259. The van der Waals surface area contributed by atoms with Crippen LogP contribution >= 0.6 is 0 Å². The molecule has 0 aromatic rings. The molecular formula is C20H39N5O. The highest BCUT2D eigenvalue weighted by Crippen LogP contribution is 2.38. The maximum atomic E-state index is 12.6. The molecule has 2 N–H and O–H groups in total. The van der Waals surface area contributed by atoms with Crippen LogP contribution in [0.1, 0.15) is 51.9 Å². The fourth-order valence-corrected chi connectivity index (χ4v) is 4.47. The van der Waals surface area contributed by atoms with Crippen molar-refractivity contribution in [3.05, 3.63) is 0 Å². The predicted octanol–water partition coefficient (Wildman–Crippen LogP) is 1.92. The van der Waals surface area contributed by atoms with Crippen LogP contribution in [0, 0.1) is 11.3 Å². The first-order valence-electron chi connectivity index (χ1n) is 10.4. The highest BCUT2D eigenvalue weighted by atomic mass is 16.2. The number of nitrogens with one attached hydrogen (secondary N) is 2. The molecule has 6 heteroatoms. The Balaban J connectivity index is 1.72.